The van der Waals surface area contributed by atoms with Crippen LogP contribution in [0.2, 0.25) is 0 Å². The molecule has 0 saturated carbocycles. The van der Waals surface area contributed by atoms with Gasteiger partial charge in [0.25, 0.3) is 0 Å². The number of ether oxygens (including phenoxy) is 1. The number of thioether (sulfide) groups is 1. The van der Waals surface area contributed by atoms with Gasteiger partial charge in [0.15, 0.2) is 0 Å². The normalized spacial score (nSPS) is 15.4. The standard InChI is InChI=1S/C14H21NOS/c1-3-13(10-17-2)15-9-11-4-5-14-12(8-11)6-7-16-14/h4-5,8,13,15H,3,6-7,9-10H2,1-2H3. The zero-order valence-electron chi connectivity index (χ0n) is 10.7. The Morgan fingerprint density at radius 2 is 2.35 bits per heavy atom. The van der Waals surface area contributed by atoms with Gasteiger partial charge in [-0.3, -0.25) is 0 Å². The van der Waals surface area contributed by atoms with Crippen molar-refractivity contribution in [2.75, 3.05) is 18.6 Å². The fourth-order valence-electron chi connectivity index (χ4n) is 2.13. The van der Waals surface area contributed by atoms with Crippen molar-refractivity contribution in [2.45, 2.75) is 32.4 Å². The summed E-state index contributed by atoms with van der Waals surface area (Å²) in [5, 5.41) is 3.62. The van der Waals surface area contributed by atoms with Crippen molar-refractivity contribution in [1.29, 1.82) is 0 Å². The van der Waals surface area contributed by atoms with Gasteiger partial charge >= 0.3 is 0 Å². The zero-order chi connectivity index (χ0) is 12.1. The van der Waals surface area contributed by atoms with Gasteiger partial charge in [-0.1, -0.05) is 19.1 Å². The van der Waals surface area contributed by atoms with Crippen LogP contribution < -0.4 is 10.1 Å². The molecule has 1 aromatic rings. The van der Waals surface area contributed by atoms with Crippen molar-refractivity contribution < 1.29 is 4.74 Å². The Kier molecular flexibility index (Phi) is 4.75. The van der Waals surface area contributed by atoms with E-state index in [4.69, 9.17) is 4.74 Å². The summed E-state index contributed by atoms with van der Waals surface area (Å²) in [4.78, 5) is 0. The number of nitrogens with one attached hydrogen (secondary N) is 1. The van der Waals surface area contributed by atoms with E-state index in [1.165, 1.54) is 23.3 Å². The molecule has 1 atom stereocenters. The Labute approximate surface area is 108 Å². The summed E-state index contributed by atoms with van der Waals surface area (Å²) in [5.41, 5.74) is 2.73. The molecule has 0 aromatic heterocycles. The van der Waals surface area contributed by atoms with Gasteiger partial charge in [-0.25, -0.2) is 0 Å². The highest BCUT2D eigenvalue weighted by Gasteiger charge is 2.12. The largest absolute Gasteiger partial charge is 0.493 e. The summed E-state index contributed by atoms with van der Waals surface area (Å²) >= 11 is 1.91. The van der Waals surface area contributed by atoms with Crippen LogP contribution >= 0.6 is 11.8 Å². The lowest BCUT2D eigenvalue weighted by Crippen LogP contribution is -2.30. The molecule has 94 valence electrons. The maximum absolute atomic E-state index is 5.52. The molecule has 2 nitrogen and oxygen atoms in total. The first-order chi connectivity index (χ1) is 8.33. The Balaban J connectivity index is 1.90. The second kappa shape index (κ2) is 6.31. The summed E-state index contributed by atoms with van der Waals surface area (Å²) in [7, 11) is 0. The molecule has 1 heterocycles. The molecule has 1 aliphatic rings. The smallest absolute Gasteiger partial charge is 0.122 e. The molecule has 0 bridgehead atoms. The van der Waals surface area contributed by atoms with E-state index in [0.717, 1.165) is 25.3 Å². The Hall–Kier alpha value is -0.670. The first-order valence-electron chi connectivity index (χ1n) is 6.30. The zero-order valence-corrected chi connectivity index (χ0v) is 11.5. The fourth-order valence-corrected chi connectivity index (χ4v) is 2.89. The fraction of sp³-hybridized carbons (Fsp3) is 0.571. The van der Waals surface area contributed by atoms with Crippen molar-refractivity contribution in [2.24, 2.45) is 0 Å². The second-order valence-electron chi connectivity index (χ2n) is 4.48. The van der Waals surface area contributed by atoms with Gasteiger partial charge in [0.05, 0.1) is 6.61 Å². The number of hydrogen-bond acceptors (Lipinski definition) is 3. The van der Waals surface area contributed by atoms with Crippen molar-refractivity contribution in [3.63, 3.8) is 0 Å². The second-order valence-corrected chi connectivity index (χ2v) is 5.39. The molecule has 3 heteroatoms. The molecule has 1 N–H and O–H groups in total. The monoisotopic (exact) mass is 251 g/mol. The molecule has 0 fully saturated rings. The highest BCUT2D eigenvalue weighted by atomic mass is 32.2. The van der Waals surface area contributed by atoms with Crippen molar-refractivity contribution in [3.05, 3.63) is 29.3 Å². The van der Waals surface area contributed by atoms with Gasteiger partial charge < -0.3 is 10.1 Å². The lowest BCUT2D eigenvalue weighted by Gasteiger charge is -2.15. The van der Waals surface area contributed by atoms with Gasteiger partial charge in [-0.15, -0.1) is 0 Å². The average Bonchev–Trinajstić information content (AvgIpc) is 2.81. The van der Waals surface area contributed by atoms with Crippen LogP contribution in [0, 0.1) is 0 Å². The van der Waals surface area contributed by atoms with E-state index in [1.807, 2.05) is 11.8 Å². The van der Waals surface area contributed by atoms with Crippen LogP contribution in [0.3, 0.4) is 0 Å². The lowest BCUT2D eigenvalue weighted by molar-refractivity contribution is 0.357. The summed E-state index contributed by atoms with van der Waals surface area (Å²) in [5.74, 6) is 2.26. The molecule has 0 spiro atoms. The van der Waals surface area contributed by atoms with E-state index >= 15 is 0 Å². The number of benzene rings is 1. The first kappa shape index (κ1) is 12.8. The van der Waals surface area contributed by atoms with Gasteiger partial charge in [-0.2, -0.15) is 11.8 Å². The molecular formula is C14H21NOS. The van der Waals surface area contributed by atoms with E-state index in [0.29, 0.717) is 6.04 Å². The molecule has 1 aromatic carbocycles. The number of fused-ring (bicyclic) bond motifs is 1. The van der Waals surface area contributed by atoms with Gasteiger partial charge in [0, 0.05) is 24.8 Å². The quantitative estimate of drug-likeness (QED) is 0.840. The predicted molar refractivity (Wildman–Crippen MR) is 74.9 cm³/mol. The minimum atomic E-state index is 0.620. The predicted octanol–water partition coefficient (Wildman–Crippen LogP) is 2.85. The highest BCUT2D eigenvalue weighted by molar-refractivity contribution is 7.98. The summed E-state index contributed by atoms with van der Waals surface area (Å²) in [6, 6.07) is 7.17. The molecule has 0 amide bonds. The minimum absolute atomic E-state index is 0.620. The maximum Gasteiger partial charge on any atom is 0.122 e. The molecule has 0 aliphatic carbocycles. The Morgan fingerprint density at radius 3 is 3.12 bits per heavy atom. The van der Waals surface area contributed by atoms with E-state index in [2.05, 4.69) is 36.7 Å². The third-order valence-electron chi connectivity index (χ3n) is 3.21. The van der Waals surface area contributed by atoms with Crippen LogP contribution in [0.1, 0.15) is 24.5 Å². The molecule has 2 rings (SSSR count). The van der Waals surface area contributed by atoms with Crippen molar-refractivity contribution in [1.82, 2.24) is 5.32 Å². The van der Waals surface area contributed by atoms with Gasteiger partial charge in [0.1, 0.15) is 5.75 Å². The highest BCUT2D eigenvalue weighted by Crippen LogP contribution is 2.25. The molecule has 1 aliphatic heterocycles. The third-order valence-corrected chi connectivity index (χ3v) is 3.95. The molecule has 0 saturated heterocycles. The van der Waals surface area contributed by atoms with E-state index in [1.54, 1.807) is 0 Å². The lowest BCUT2D eigenvalue weighted by atomic mass is 10.1. The van der Waals surface area contributed by atoms with E-state index < -0.39 is 0 Å². The molecule has 1 unspecified atom stereocenters. The van der Waals surface area contributed by atoms with E-state index in [-0.39, 0.29) is 0 Å². The van der Waals surface area contributed by atoms with Crippen LogP contribution in [0.25, 0.3) is 0 Å². The average molecular weight is 251 g/mol. The van der Waals surface area contributed by atoms with Gasteiger partial charge in [-0.05, 0) is 29.9 Å². The van der Waals surface area contributed by atoms with Crippen LogP contribution in [0.5, 0.6) is 5.75 Å². The summed E-state index contributed by atoms with van der Waals surface area (Å²) < 4.78 is 5.52. The third kappa shape index (κ3) is 3.39. The Bertz CT molecular complexity index is 367. The molecular weight excluding hydrogens is 230 g/mol. The topological polar surface area (TPSA) is 21.3 Å². The number of hydrogen-bond donors (Lipinski definition) is 1. The first-order valence-corrected chi connectivity index (χ1v) is 7.69. The van der Waals surface area contributed by atoms with Crippen LogP contribution in [0.15, 0.2) is 18.2 Å². The van der Waals surface area contributed by atoms with Crippen molar-refractivity contribution >= 4 is 11.8 Å². The van der Waals surface area contributed by atoms with E-state index in [9.17, 15) is 0 Å². The van der Waals surface area contributed by atoms with Gasteiger partial charge in [0.2, 0.25) is 0 Å². The SMILES string of the molecule is CCC(CSC)NCc1ccc2c(c1)CCO2. The maximum atomic E-state index is 5.52. The van der Waals surface area contributed by atoms with Crippen LogP contribution in [-0.4, -0.2) is 24.7 Å². The Morgan fingerprint density at radius 1 is 1.47 bits per heavy atom. The minimum Gasteiger partial charge on any atom is -0.493 e. The van der Waals surface area contributed by atoms with Crippen molar-refractivity contribution in [3.8, 4) is 5.75 Å². The summed E-state index contributed by atoms with van der Waals surface area (Å²) in [6.45, 7) is 4.05. The molecule has 0 radical (unpaired) electrons. The number of rotatable bonds is 6. The summed E-state index contributed by atoms with van der Waals surface area (Å²) in [6.07, 6.45) is 4.41. The molecule has 17 heavy (non-hydrogen) atoms. The van der Waals surface area contributed by atoms with Crippen LogP contribution in [0.4, 0.5) is 0 Å². The van der Waals surface area contributed by atoms with Crippen LogP contribution in [-0.2, 0) is 13.0 Å².